The Morgan fingerprint density at radius 1 is 1.36 bits per heavy atom. The minimum Gasteiger partial charge on any atom is -0.313 e. The molecule has 1 N–H and O–H groups in total. The zero-order chi connectivity index (χ0) is 10.6. The van der Waals surface area contributed by atoms with Crippen LogP contribution in [-0.2, 0) is 0 Å². The van der Waals surface area contributed by atoms with Gasteiger partial charge < -0.3 is 5.32 Å². The first-order chi connectivity index (χ1) is 6.67. The number of rotatable bonds is 4. The average Bonchev–Trinajstić information content (AvgIpc) is 2.12. The molecule has 0 aromatic heterocycles. The molecular weight excluding hydrogens is 177 g/mol. The number of aryl methyl sites for hydroxylation is 1. The van der Waals surface area contributed by atoms with Gasteiger partial charge in [0.1, 0.15) is 5.82 Å². The van der Waals surface area contributed by atoms with Gasteiger partial charge in [0.15, 0.2) is 0 Å². The Morgan fingerprint density at radius 2 is 2.07 bits per heavy atom. The van der Waals surface area contributed by atoms with Gasteiger partial charge in [-0.2, -0.15) is 0 Å². The second kappa shape index (κ2) is 5.11. The lowest BCUT2D eigenvalue weighted by atomic mass is 10.0. The van der Waals surface area contributed by atoms with Crippen molar-refractivity contribution in [3.8, 4) is 0 Å². The lowest BCUT2D eigenvalue weighted by Gasteiger charge is -2.16. The van der Waals surface area contributed by atoms with Crippen molar-refractivity contribution in [2.45, 2.75) is 32.7 Å². The Labute approximate surface area is 85.3 Å². The van der Waals surface area contributed by atoms with E-state index in [0.29, 0.717) is 0 Å². The fraction of sp³-hybridized carbons (Fsp3) is 0.500. The SMILES string of the molecule is CCCC(NC)c1cc(C)cc(F)c1. The van der Waals surface area contributed by atoms with Crippen molar-refractivity contribution in [3.05, 3.63) is 35.1 Å². The number of halogens is 1. The van der Waals surface area contributed by atoms with Crippen LogP contribution < -0.4 is 5.32 Å². The van der Waals surface area contributed by atoms with Gasteiger partial charge in [0.25, 0.3) is 0 Å². The molecule has 0 heterocycles. The van der Waals surface area contributed by atoms with Gasteiger partial charge in [-0.3, -0.25) is 0 Å². The molecule has 1 rings (SSSR count). The maximum absolute atomic E-state index is 13.1. The zero-order valence-corrected chi connectivity index (χ0v) is 9.10. The second-order valence-electron chi connectivity index (χ2n) is 3.69. The predicted molar refractivity (Wildman–Crippen MR) is 57.8 cm³/mol. The largest absolute Gasteiger partial charge is 0.313 e. The van der Waals surface area contributed by atoms with Crippen molar-refractivity contribution in [1.29, 1.82) is 0 Å². The van der Waals surface area contributed by atoms with Gasteiger partial charge in [-0.05, 0) is 43.7 Å². The molecule has 0 aliphatic heterocycles. The molecule has 0 bridgehead atoms. The van der Waals surface area contributed by atoms with Crippen LogP contribution in [-0.4, -0.2) is 7.05 Å². The highest BCUT2D eigenvalue weighted by Crippen LogP contribution is 2.20. The topological polar surface area (TPSA) is 12.0 Å². The van der Waals surface area contributed by atoms with E-state index in [-0.39, 0.29) is 11.9 Å². The summed E-state index contributed by atoms with van der Waals surface area (Å²) in [5.74, 6) is -0.142. The molecule has 1 aromatic carbocycles. The highest BCUT2D eigenvalue weighted by Gasteiger charge is 2.09. The fourth-order valence-corrected chi connectivity index (χ4v) is 1.73. The van der Waals surface area contributed by atoms with E-state index in [2.05, 4.69) is 12.2 Å². The summed E-state index contributed by atoms with van der Waals surface area (Å²) < 4.78 is 13.1. The van der Waals surface area contributed by atoms with Crippen molar-refractivity contribution in [2.24, 2.45) is 0 Å². The van der Waals surface area contributed by atoms with E-state index >= 15 is 0 Å². The molecular formula is C12H18FN. The van der Waals surface area contributed by atoms with Gasteiger partial charge in [0, 0.05) is 6.04 Å². The molecule has 1 aromatic rings. The van der Waals surface area contributed by atoms with Crippen molar-refractivity contribution < 1.29 is 4.39 Å². The molecule has 0 radical (unpaired) electrons. The van der Waals surface area contributed by atoms with E-state index in [1.165, 1.54) is 0 Å². The fourth-order valence-electron chi connectivity index (χ4n) is 1.73. The van der Waals surface area contributed by atoms with Crippen LogP contribution in [0.1, 0.15) is 36.9 Å². The first-order valence-electron chi connectivity index (χ1n) is 5.11. The summed E-state index contributed by atoms with van der Waals surface area (Å²) in [6.07, 6.45) is 2.14. The Bertz CT molecular complexity index is 276. The summed E-state index contributed by atoms with van der Waals surface area (Å²) in [6, 6.07) is 5.49. The van der Waals surface area contributed by atoms with Crippen LogP contribution >= 0.6 is 0 Å². The van der Waals surface area contributed by atoms with Crippen LogP contribution in [0.25, 0.3) is 0 Å². The first-order valence-corrected chi connectivity index (χ1v) is 5.11. The van der Waals surface area contributed by atoms with Crippen LogP contribution in [0.4, 0.5) is 4.39 Å². The molecule has 1 atom stereocenters. The molecule has 1 unspecified atom stereocenters. The Kier molecular flexibility index (Phi) is 4.08. The van der Waals surface area contributed by atoms with Crippen molar-refractivity contribution in [3.63, 3.8) is 0 Å². The van der Waals surface area contributed by atoms with E-state index in [1.807, 2.05) is 20.0 Å². The Balaban J connectivity index is 2.91. The van der Waals surface area contributed by atoms with Crippen molar-refractivity contribution >= 4 is 0 Å². The number of hydrogen-bond donors (Lipinski definition) is 1. The lowest BCUT2D eigenvalue weighted by molar-refractivity contribution is 0.534. The molecule has 0 fully saturated rings. The quantitative estimate of drug-likeness (QED) is 0.778. The van der Waals surface area contributed by atoms with Gasteiger partial charge in [-0.15, -0.1) is 0 Å². The molecule has 0 saturated heterocycles. The van der Waals surface area contributed by atoms with Crippen LogP contribution in [0.2, 0.25) is 0 Å². The zero-order valence-electron chi connectivity index (χ0n) is 9.10. The Morgan fingerprint density at radius 3 is 2.57 bits per heavy atom. The van der Waals surface area contributed by atoms with E-state index < -0.39 is 0 Å². The van der Waals surface area contributed by atoms with E-state index in [9.17, 15) is 4.39 Å². The highest BCUT2D eigenvalue weighted by atomic mass is 19.1. The maximum atomic E-state index is 13.1. The standard InChI is InChI=1S/C12H18FN/c1-4-5-12(14-3)10-6-9(2)7-11(13)8-10/h6-8,12,14H,4-5H2,1-3H3. The first kappa shape index (κ1) is 11.2. The van der Waals surface area contributed by atoms with Crippen LogP contribution in [0, 0.1) is 12.7 Å². The molecule has 2 heteroatoms. The molecule has 14 heavy (non-hydrogen) atoms. The Hall–Kier alpha value is -0.890. The van der Waals surface area contributed by atoms with Crippen LogP contribution in [0.3, 0.4) is 0 Å². The van der Waals surface area contributed by atoms with E-state index in [1.54, 1.807) is 12.1 Å². The molecule has 0 aliphatic rings. The summed E-state index contributed by atoms with van der Waals surface area (Å²) in [7, 11) is 1.92. The van der Waals surface area contributed by atoms with Crippen molar-refractivity contribution in [2.75, 3.05) is 7.05 Å². The smallest absolute Gasteiger partial charge is 0.123 e. The molecule has 0 aliphatic carbocycles. The second-order valence-corrected chi connectivity index (χ2v) is 3.69. The third-order valence-corrected chi connectivity index (χ3v) is 2.39. The highest BCUT2D eigenvalue weighted by molar-refractivity contribution is 5.26. The van der Waals surface area contributed by atoms with Crippen molar-refractivity contribution in [1.82, 2.24) is 5.32 Å². The lowest BCUT2D eigenvalue weighted by Crippen LogP contribution is -2.16. The van der Waals surface area contributed by atoms with Gasteiger partial charge in [-0.1, -0.05) is 19.4 Å². The van der Waals surface area contributed by atoms with Gasteiger partial charge in [-0.25, -0.2) is 4.39 Å². The molecule has 0 amide bonds. The minimum absolute atomic E-state index is 0.142. The number of hydrogen-bond acceptors (Lipinski definition) is 1. The van der Waals surface area contributed by atoms with Crippen LogP contribution in [0.5, 0.6) is 0 Å². The molecule has 1 nitrogen and oxygen atoms in total. The van der Waals surface area contributed by atoms with E-state index in [4.69, 9.17) is 0 Å². The molecule has 0 spiro atoms. The van der Waals surface area contributed by atoms with Crippen LogP contribution in [0.15, 0.2) is 18.2 Å². The number of nitrogens with one attached hydrogen (secondary N) is 1. The molecule has 0 saturated carbocycles. The third-order valence-electron chi connectivity index (χ3n) is 2.39. The summed E-state index contributed by atoms with van der Waals surface area (Å²) in [5.41, 5.74) is 2.03. The van der Waals surface area contributed by atoms with Gasteiger partial charge in [0.05, 0.1) is 0 Å². The average molecular weight is 195 g/mol. The summed E-state index contributed by atoms with van der Waals surface area (Å²) in [4.78, 5) is 0. The summed E-state index contributed by atoms with van der Waals surface area (Å²) >= 11 is 0. The predicted octanol–water partition coefficient (Wildman–Crippen LogP) is 3.19. The van der Waals surface area contributed by atoms with E-state index in [0.717, 1.165) is 24.0 Å². The summed E-state index contributed by atoms with van der Waals surface area (Å²) in [5, 5.41) is 3.21. The molecule has 78 valence electrons. The summed E-state index contributed by atoms with van der Waals surface area (Å²) in [6.45, 7) is 4.06. The van der Waals surface area contributed by atoms with Gasteiger partial charge >= 0.3 is 0 Å². The maximum Gasteiger partial charge on any atom is 0.123 e. The van der Waals surface area contributed by atoms with Gasteiger partial charge in [0.2, 0.25) is 0 Å². The third kappa shape index (κ3) is 2.81. The normalized spacial score (nSPS) is 12.9. The minimum atomic E-state index is -0.142. The number of benzene rings is 1. The monoisotopic (exact) mass is 195 g/mol.